The fraction of sp³-hybridized carbons (Fsp3) is 0.0435. The zero-order valence-corrected chi connectivity index (χ0v) is 14.6. The summed E-state index contributed by atoms with van der Waals surface area (Å²) in [5.74, 6) is 1.75. The van der Waals surface area contributed by atoms with Gasteiger partial charge in [-0.15, -0.1) is 0 Å². The average Bonchev–Trinajstić information content (AvgIpc) is 3.17. The van der Waals surface area contributed by atoms with Crippen LogP contribution in [-0.2, 0) is 6.61 Å². The van der Waals surface area contributed by atoms with Crippen LogP contribution in [0.25, 0.3) is 27.7 Å². The number of hydrogen-bond acceptors (Lipinski definition) is 3. The van der Waals surface area contributed by atoms with Gasteiger partial charge in [-0.1, -0.05) is 54.6 Å². The molecule has 0 N–H and O–H groups in total. The van der Waals surface area contributed by atoms with Gasteiger partial charge in [0.1, 0.15) is 18.2 Å². The summed E-state index contributed by atoms with van der Waals surface area (Å²) in [7, 11) is 0. The predicted molar refractivity (Wildman–Crippen MR) is 107 cm³/mol. The first-order valence-electron chi connectivity index (χ1n) is 8.86. The van der Waals surface area contributed by atoms with Gasteiger partial charge in [-0.3, -0.25) is 9.38 Å². The van der Waals surface area contributed by atoms with E-state index in [9.17, 15) is 0 Å². The van der Waals surface area contributed by atoms with Crippen molar-refractivity contribution in [2.24, 2.45) is 0 Å². The molecule has 0 radical (unpaired) electrons. The second-order valence-corrected chi connectivity index (χ2v) is 6.39. The molecule has 4 nitrogen and oxygen atoms in total. The third-order valence-corrected chi connectivity index (χ3v) is 4.69. The number of imidazole rings is 1. The molecule has 2 aromatic carbocycles. The van der Waals surface area contributed by atoms with Crippen LogP contribution in [0.15, 0.2) is 91.5 Å². The fourth-order valence-electron chi connectivity index (χ4n) is 3.35. The molecule has 130 valence electrons. The fourth-order valence-corrected chi connectivity index (χ4v) is 3.35. The highest BCUT2D eigenvalue weighted by molar-refractivity contribution is 6.00. The van der Waals surface area contributed by atoms with E-state index in [-0.39, 0.29) is 0 Å². The highest BCUT2D eigenvalue weighted by atomic mass is 16.5. The minimum Gasteiger partial charge on any atom is -0.487 e. The number of pyridine rings is 2. The Labute approximate surface area is 156 Å². The van der Waals surface area contributed by atoms with Gasteiger partial charge in [-0.05, 0) is 17.7 Å². The van der Waals surface area contributed by atoms with E-state index in [1.54, 1.807) is 12.4 Å². The van der Waals surface area contributed by atoms with Gasteiger partial charge in [0.05, 0.1) is 17.9 Å². The van der Waals surface area contributed by atoms with E-state index in [4.69, 9.17) is 4.74 Å². The van der Waals surface area contributed by atoms with Gasteiger partial charge in [-0.2, -0.15) is 0 Å². The summed E-state index contributed by atoms with van der Waals surface area (Å²) in [4.78, 5) is 8.74. The highest BCUT2D eigenvalue weighted by Gasteiger charge is 2.13. The van der Waals surface area contributed by atoms with Crippen LogP contribution < -0.4 is 4.74 Å². The van der Waals surface area contributed by atoms with Crippen molar-refractivity contribution in [3.05, 3.63) is 97.1 Å². The second-order valence-electron chi connectivity index (χ2n) is 6.39. The molecule has 5 rings (SSSR count). The van der Waals surface area contributed by atoms with Crippen LogP contribution in [0.2, 0.25) is 0 Å². The minimum absolute atomic E-state index is 0.493. The smallest absolute Gasteiger partial charge is 0.144 e. The maximum absolute atomic E-state index is 6.20. The minimum atomic E-state index is 0.493. The SMILES string of the molecule is c1ccc(-c2ncc3c4ccccc4c(OCc4ccncc4)cn23)cc1. The Kier molecular flexibility index (Phi) is 3.79. The lowest BCUT2D eigenvalue weighted by atomic mass is 10.1. The lowest BCUT2D eigenvalue weighted by Gasteiger charge is -2.12. The Morgan fingerprint density at radius 1 is 0.815 bits per heavy atom. The number of benzene rings is 2. The van der Waals surface area contributed by atoms with E-state index in [2.05, 4.69) is 38.6 Å². The molecule has 3 aromatic heterocycles. The molecule has 0 saturated carbocycles. The summed E-state index contributed by atoms with van der Waals surface area (Å²) in [5, 5.41) is 2.21. The van der Waals surface area contributed by atoms with Crippen molar-refractivity contribution in [2.75, 3.05) is 0 Å². The predicted octanol–water partition coefficient (Wildman–Crippen LogP) is 5.13. The van der Waals surface area contributed by atoms with Crippen LogP contribution in [0.4, 0.5) is 0 Å². The summed E-state index contributed by atoms with van der Waals surface area (Å²) in [6.07, 6.45) is 7.53. The van der Waals surface area contributed by atoms with Crippen LogP contribution in [-0.4, -0.2) is 14.4 Å². The van der Waals surface area contributed by atoms with Crippen LogP contribution in [0.3, 0.4) is 0 Å². The monoisotopic (exact) mass is 351 g/mol. The topological polar surface area (TPSA) is 39.4 Å². The largest absolute Gasteiger partial charge is 0.487 e. The molecule has 4 heteroatoms. The maximum atomic E-state index is 6.20. The third kappa shape index (κ3) is 2.81. The molecule has 0 aliphatic carbocycles. The number of hydrogen-bond donors (Lipinski definition) is 0. The Bertz CT molecular complexity index is 1210. The van der Waals surface area contributed by atoms with Crippen molar-refractivity contribution in [1.29, 1.82) is 0 Å². The van der Waals surface area contributed by atoms with Crippen molar-refractivity contribution >= 4 is 16.3 Å². The molecule has 0 saturated heterocycles. The summed E-state index contributed by atoms with van der Waals surface area (Å²) in [6.45, 7) is 0.493. The molecular formula is C23H17N3O. The first-order chi connectivity index (χ1) is 13.4. The van der Waals surface area contributed by atoms with Gasteiger partial charge < -0.3 is 4.74 Å². The quantitative estimate of drug-likeness (QED) is 0.451. The molecule has 0 aliphatic heterocycles. The first kappa shape index (κ1) is 15.6. The summed E-state index contributed by atoms with van der Waals surface area (Å²) in [5.41, 5.74) is 3.23. The lowest BCUT2D eigenvalue weighted by Crippen LogP contribution is -1.99. The molecule has 0 spiro atoms. The normalized spacial score (nSPS) is 11.1. The summed E-state index contributed by atoms with van der Waals surface area (Å²) < 4.78 is 8.31. The Morgan fingerprint density at radius 2 is 1.56 bits per heavy atom. The zero-order chi connectivity index (χ0) is 18.1. The number of fused-ring (bicyclic) bond motifs is 3. The molecule has 27 heavy (non-hydrogen) atoms. The van der Waals surface area contributed by atoms with E-state index in [1.807, 2.05) is 54.9 Å². The number of ether oxygens (including phenoxy) is 1. The molecular weight excluding hydrogens is 334 g/mol. The Balaban J connectivity index is 1.66. The standard InChI is InChI=1S/C23H17N3O/c1-2-6-18(7-3-1)23-25-14-21-19-8-4-5-9-20(19)22(15-26(21)23)27-16-17-10-12-24-13-11-17/h1-15H,16H2. The van der Waals surface area contributed by atoms with Gasteiger partial charge in [0.15, 0.2) is 0 Å². The molecule has 0 bridgehead atoms. The average molecular weight is 351 g/mol. The molecule has 0 fully saturated rings. The molecule has 0 unspecified atom stereocenters. The van der Waals surface area contributed by atoms with Crippen LogP contribution in [0.5, 0.6) is 5.75 Å². The molecule has 3 heterocycles. The number of nitrogens with zero attached hydrogens (tertiary/aromatic N) is 3. The third-order valence-electron chi connectivity index (χ3n) is 4.69. The lowest BCUT2D eigenvalue weighted by molar-refractivity contribution is 0.308. The van der Waals surface area contributed by atoms with Crippen LogP contribution >= 0.6 is 0 Å². The van der Waals surface area contributed by atoms with Crippen molar-refractivity contribution in [3.8, 4) is 17.1 Å². The van der Waals surface area contributed by atoms with Crippen molar-refractivity contribution < 1.29 is 4.74 Å². The maximum Gasteiger partial charge on any atom is 0.144 e. The van der Waals surface area contributed by atoms with Gasteiger partial charge in [0, 0.05) is 28.7 Å². The van der Waals surface area contributed by atoms with Crippen molar-refractivity contribution in [3.63, 3.8) is 0 Å². The highest BCUT2D eigenvalue weighted by Crippen LogP contribution is 2.32. The molecule has 0 aliphatic rings. The molecule has 0 atom stereocenters. The van der Waals surface area contributed by atoms with E-state index >= 15 is 0 Å². The van der Waals surface area contributed by atoms with Gasteiger partial charge >= 0.3 is 0 Å². The summed E-state index contributed by atoms with van der Waals surface area (Å²) in [6, 6.07) is 22.4. The summed E-state index contributed by atoms with van der Waals surface area (Å²) >= 11 is 0. The number of aromatic nitrogens is 3. The van der Waals surface area contributed by atoms with Crippen molar-refractivity contribution in [1.82, 2.24) is 14.4 Å². The Morgan fingerprint density at radius 3 is 2.37 bits per heavy atom. The van der Waals surface area contributed by atoms with Crippen LogP contribution in [0, 0.1) is 0 Å². The number of rotatable bonds is 4. The van der Waals surface area contributed by atoms with E-state index in [0.717, 1.165) is 39.0 Å². The van der Waals surface area contributed by atoms with Crippen molar-refractivity contribution in [2.45, 2.75) is 6.61 Å². The zero-order valence-electron chi connectivity index (χ0n) is 14.6. The van der Waals surface area contributed by atoms with E-state index in [0.29, 0.717) is 6.61 Å². The molecule has 5 aromatic rings. The second kappa shape index (κ2) is 6.57. The Hall–Kier alpha value is -3.66. The van der Waals surface area contributed by atoms with E-state index in [1.165, 1.54) is 0 Å². The van der Waals surface area contributed by atoms with Crippen LogP contribution in [0.1, 0.15) is 5.56 Å². The van der Waals surface area contributed by atoms with Gasteiger partial charge in [0.25, 0.3) is 0 Å². The van der Waals surface area contributed by atoms with Gasteiger partial charge in [0.2, 0.25) is 0 Å². The first-order valence-corrected chi connectivity index (χ1v) is 8.86. The van der Waals surface area contributed by atoms with Gasteiger partial charge in [-0.25, -0.2) is 4.98 Å². The van der Waals surface area contributed by atoms with E-state index < -0.39 is 0 Å². The molecule has 0 amide bonds.